The van der Waals surface area contributed by atoms with Crippen molar-refractivity contribution in [2.45, 2.75) is 59.9 Å². The van der Waals surface area contributed by atoms with Gasteiger partial charge in [-0.05, 0) is 0 Å². The Morgan fingerprint density at radius 3 is 1.47 bits per heavy atom. The van der Waals surface area contributed by atoms with Crippen molar-refractivity contribution < 1.29 is 0 Å². The fraction of sp³-hybridized carbons (Fsp3) is 0.625. The number of hydrogen-bond acceptors (Lipinski definition) is 0. The summed E-state index contributed by atoms with van der Waals surface area (Å²) in [5.41, 5.74) is 1.99. The van der Waals surface area contributed by atoms with Crippen molar-refractivity contribution in [3.8, 4) is 0 Å². The minimum absolute atomic E-state index is 0.418. The molecule has 0 aromatic heterocycles. The van der Waals surface area contributed by atoms with Crippen LogP contribution in [0.5, 0.6) is 0 Å². The Labute approximate surface area is 143 Å². The van der Waals surface area contributed by atoms with Gasteiger partial charge in [0, 0.05) is 0 Å². The molecule has 0 aliphatic carbocycles. The second-order valence-corrected chi connectivity index (χ2v) is 7.94. The first-order valence-electron chi connectivity index (χ1n) is 7.17. The van der Waals surface area contributed by atoms with E-state index in [2.05, 4.69) is 78.4 Å². The summed E-state index contributed by atoms with van der Waals surface area (Å²) in [6, 6.07) is 11.2. The van der Waals surface area contributed by atoms with E-state index in [0.29, 0.717) is 5.41 Å². The molecule has 0 atom stereocenters. The Morgan fingerprint density at radius 1 is 0.684 bits per heavy atom. The van der Waals surface area contributed by atoms with E-state index >= 15 is 0 Å². The van der Waals surface area contributed by atoms with Gasteiger partial charge in [-0.3, -0.25) is 0 Å². The van der Waals surface area contributed by atoms with E-state index in [9.17, 15) is 0 Å². The van der Waals surface area contributed by atoms with Gasteiger partial charge in [0.2, 0.25) is 0 Å². The molecule has 0 saturated heterocycles. The molecule has 0 amide bonds. The maximum absolute atomic E-state index is 2.74. The van der Waals surface area contributed by atoms with Gasteiger partial charge in [-0.2, -0.15) is 0 Å². The van der Waals surface area contributed by atoms with Crippen molar-refractivity contribution in [1.29, 1.82) is 0 Å². The van der Waals surface area contributed by atoms with Gasteiger partial charge in [-0.15, -0.1) is 0 Å². The zero-order valence-corrected chi connectivity index (χ0v) is 17.2. The number of benzene rings is 1. The van der Waals surface area contributed by atoms with Crippen molar-refractivity contribution >= 4 is 48.0 Å². The molecule has 0 nitrogen and oxygen atoms in total. The van der Waals surface area contributed by atoms with Crippen molar-refractivity contribution in [1.82, 2.24) is 0 Å². The SMILES string of the molecule is [SeH]CCCC(CCC[SeH])(CCC[SeH])c1ccccc1. The van der Waals surface area contributed by atoms with E-state index in [1.807, 2.05) is 0 Å². The molecule has 0 heterocycles. The fourth-order valence-electron chi connectivity index (χ4n) is 2.85. The fourth-order valence-corrected chi connectivity index (χ4v) is 3.85. The molecule has 0 bridgehead atoms. The predicted octanol–water partition coefficient (Wildman–Crippen LogP) is 3.22. The molecule has 108 valence electrons. The summed E-state index contributed by atoms with van der Waals surface area (Å²) in [5.74, 6) is 0. The molecule has 1 aromatic carbocycles. The molecule has 0 fully saturated rings. The summed E-state index contributed by atoms with van der Waals surface area (Å²) in [7, 11) is 0. The summed E-state index contributed by atoms with van der Waals surface area (Å²) in [5, 5.41) is 3.73. The molecular formula is C16H26Se3. The van der Waals surface area contributed by atoms with Crippen LogP contribution in [0.4, 0.5) is 0 Å². The van der Waals surface area contributed by atoms with Crippen LogP contribution in [-0.2, 0) is 5.41 Å². The summed E-state index contributed by atoms with van der Waals surface area (Å²) >= 11 is 8.22. The van der Waals surface area contributed by atoms with E-state index in [0.717, 1.165) is 0 Å². The molecule has 0 radical (unpaired) electrons. The molecule has 0 unspecified atom stereocenters. The van der Waals surface area contributed by atoms with Crippen LogP contribution >= 0.6 is 0 Å². The first kappa shape index (κ1) is 17.8. The average Bonchev–Trinajstić information content (AvgIpc) is 2.48. The molecule has 0 N–H and O–H groups in total. The molecule has 0 spiro atoms. The van der Waals surface area contributed by atoms with Crippen LogP contribution in [0, 0.1) is 0 Å². The second kappa shape index (κ2) is 10.5. The van der Waals surface area contributed by atoms with E-state index in [-0.39, 0.29) is 0 Å². The monoisotopic (exact) mass is 458 g/mol. The number of rotatable bonds is 10. The minimum atomic E-state index is 0.418. The Hall–Kier alpha value is 0.778. The first-order chi connectivity index (χ1) is 9.29. The topological polar surface area (TPSA) is 0 Å². The van der Waals surface area contributed by atoms with Gasteiger partial charge in [0.1, 0.15) is 0 Å². The summed E-state index contributed by atoms with van der Waals surface area (Å²) < 4.78 is 0. The molecular weight excluding hydrogens is 429 g/mol. The zero-order chi connectivity index (χ0) is 14.0. The van der Waals surface area contributed by atoms with E-state index in [1.54, 1.807) is 5.56 Å². The predicted molar refractivity (Wildman–Crippen MR) is 91.7 cm³/mol. The van der Waals surface area contributed by atoms with Crippen LogP contribution in [0.15, 0.2) is 30.3 Å². The van der Waals surface area contributed by atoms with Gasteiger partial charge in [-0.1, -0.05) is 0 Å². The van der Waals surface area contributed by atoms with Crippen molar-refractivity contribution in [3.05, 3.63) is 35.9 Å². The van der Waals surface area contributed by atoms with E-state index in [4.69, 9.17) is 0 Å². The number of hydrogen-bond donors (Lipinski definition) is 0. The average molecular weight is 455 g/mol. The third kappa shape index (κ3) is 5.96. The molecule has 1 aromatic rings. The zero-order valence-electron chi connectivity index (χ0n) is 11.6. The van der Waals surface area contributed by atoms with Gasteiger partial charge in [0.15, 0.2) is 0 Å². The molecule has 19 heavy (non-hydrogen) atoms. The van der Waals surface area contributed by atoms with Crippen molar-refractivity contribution in [2.75, 3.05) is 0 Å². The molecule has 1 rings (SSSR count). The summed E-state index contributed by atoms with van der Waals surface area (Å²) in [6.45, 7) is 0. The Morgan fingerprint density at radius 2 is 1.11 bits per heavy atom. The molecule has 0 aliphatic heterocycles. The summed E-state index contributed by atoms with van der Waals surface area (Å²) in [6.07, 6.45) is 7.99. The van der Waals surface area contributed by atoms with Gasteiger partial charge in [-0.25, -0.2) is 0 Å². The van der Waals surface area contributed by atoms with Gasteiger partial charge in [0.25, 0.3) is 0 Å². The summed E-state index contributed by atoms with van der Waals surface area (Å²) in [4.78, 5) is 0. The van der Waals surface area contributed by atoms with Gasteiger partial charge >= 0.3 is 144 Å². The van der Waals surface area contributed by atoms with Crippen LogP contribution < -0.4 is 0 Å². The third-order valence-corrected chi connectivity index (χ3v) is 5.82. The Kier molecular flexibility index (Phi) is 9.85. The maximum atomic E-state index is 2.74. The van der Waals surface area contributed by atoms with Crippen molar-refractivity contribution in [3.63, 3.8) is 0 Å². The molecule has 0 aliphatic rings. The quantitative estimate of drug-likeness (QED) is 0.476. The molecule has 3 heteroatoms. The first-order valence-corrected chi connectivity index (χ1v) is 11.2. The van der Waals surface area contributed by atoms with Crippen LogP contribution in [0.3, 0.4) is 0 Å². The Bertz CT molecular complexity index is 302. The second-order valence-electron chi connectivity index (χ2n) is 5.13. The third-order valence-electron chi connectivity index (χ3n) is 3.83. The van der Waals surface area contributed by atoms with Crippen LogP contribution in [0.25, 0.3) is 0 Å². The Balaban J connectivity index is 2.94. The standard InChI is InChI=1S/C16H26Se3/c17-12-4-9-16(10-5-13-18,11-6-14-19)15-7-2-1-3-8-15/h1-3,7-8,17-19H,4-6,9-14H2. The van der Waals surface area contributed by atoms with Gasteiger partial charge in [0.05, 0.1) is 0 Å². The van der Waals surface area contributed by atoms with E-state index in [1.165, 1.54) is 54.5 Å². The van der Waals surface area contributed by atoms with Crippen LogP contribution in [0.1, 0.15) is 44.1 Å². The van der Waals surface area contributed by atoms with Crippen LogP contribution in [0.2, 0.25) is 16.0 Å². The van der Waals surface area contributed by atoms with E-state index < -0.39 is 0 Å². The van der Waals surface area contributed by atoms with Crippen LogP contribution in [-0.4, -0.2) is 48.0 Å². The normalized spacial score (nSPS) is 11.7. The molecule has 0 saturated carbocycles. The van der Waals surface area contributed by atoms with Gasteiger partial charge < -0.3 is 0 Å². The van der Waals surface area contributed by atoms with Crippen molar-refractivity contribution in [2.24, 2.45) is 0 Å².